The van der Waals surface area contributed by atoms with E-state index in [1.54, 1.807) is 25.3 Å². The lowest BCUT2D eigenvalue weighted by Crippen LogP contribution is -2.06. The summed E-state index contributed by atoms with van der Waals surface area (Å²) in [6.45, 7) is 0.568. The van der Waals surface area contributed by atoms with Crippen LogP contribution in [0.1, 0.15) is 5.56 Å². The largest absolute Gasteiger partial charge is 0.497 e. The number of nitrogens with one attached hydrogen (secondary N) is 2. The third-order valence-corrected chi connectivity index (χ3v) is 3.74. The van der Waals surface area contributed by atoms with Gasteiger partial charge < -0.3 is 15.4 Å². The molecule has 2 N–H and O–H groups in total. The zero-order chi connectivity index (χ0) is 17.6. The highest BCUT2D eigenvalue weighted by molar-refractivity contribution is 6.35. The standard InChI is InChI=1S/C17H15Cl2N5O/c1-25-15-4-2-11(3-5-15)9-20-17-23-16(10-21-24-17)22-14-7-12(18)6-13(19)8-14/h2-8,10H,9H2,1H3,(H2,20,22,23,24). The second-order valence-corrected chi connectivity index (χ2v) is 6.02. The van der Waals surface area contributed by atoms with Gasteiger partial charge in [0.1, 0.15) is 5.75 Å². The number of hydrogen-bond acceptors (Lipinski definition) is 6. The Labute approximate surface area is 155 Å². The Bertz CT molecular complexity index is 838. The highest BCUT2D eigenvalue weighted by Crippen LogP contribution is 2.24. The number of methoxy groups -OCH3 is 1. The van der Waals surface area contributed by atoms with Crippen LogP contribution in [0.15, 0.2) is 48.7 Å². The van der Waals surface area contributed by atoms with E-state index in [4.69, 9.17) is 27.9 Å². The van der Waals surface area contributed by atoms with Gasteiger partial charge in [-0.1, -0.05) is 35.3 Å². The van der Waals surface area contributed by atoms with E-state index in [1.807, 2.05) is 24.3 Å². The molecule has 0 unspecified atom stereocenters. The SMILES string of the molecule is COc1ccc(CNc2nncc(Nc3cc(Cl)cc(Cl)c3)n2)cc1. The minimum atomic E-state index is 0.411. The summed E-state index contributed by atoms with van der Waals surface area (Å²) in [7, 11) is 1.64. The van der Waals surface area contributed by atoms with Crippen LogP contribution in [-0.2, 0) is 6.54 Å². The molecule has 0 aliphatic carbocycles. The van der Waals surface area contributed by atoms with Crippen LogP contribution < -0.4 is 15.4 Å². The van der Waals surface area contributed by atoms with E-state index in [9.17, 15) is 0 Å². The number of rotatable bonds is 6. The number of nitrogens with zero attached hydrogens (tertiary/aromatic N) is 3. The molecule has 0 aliphatic rings. The smallest absolute Gasteiger partial charge is 0.244 e. The van der Waals surface area contributed by atoms with Gasteiger partial charge in [-0.3, -0.25) is 0 Å². The fraction of sp³-hybridized carbons (Fsp3) is 0.118. The molecule has 0 saturated carbocycles. The molecule has 0 atom stereocenters. The first-order valence-electron chi connectivity index (χ1n) is 7.42. The Balaban J connectivity index is 1.66. The van der Waals surface area contributed by atoms with Gasteiger partial charge in [-0.25, -0.2) is 0 Å². The van der Waals surface area contributed by atoms with E-state index in [2.05, 4.69) is 25.8 Å². The van der Waals surface area contributed by atoms with Crippen LogP contribution in [0.3, 0.4) is 0 Å². The van der Waals surface area contributed by atoms with Crippen LogP contribution in [0.4, 0.5) is 17.5 Å². The number of benzene rings is 2. The van der Waals surface area contributed by atoms with Crippen molar-refractivity contribution < 1.29 is 4.74 Å². The summed E-state index contributed by atoms with van der Waals surface area (Å²) < 4.78 is 5.14. The maximum Gasteiger partial charge on any atom is 0.244 e. The van der Waals surface area contributed by atoms with Crippen LogP contribution in [0.2, 0.25) is 10.0 Å². The molecular formula is C17H15Cl2N5O. The maximum absolute atomic E-state index is 5.99. The van der Waals surface area contributed by atoms with Crippen molar-refractivity contribution in [3.05, 3.63) is 64.3 Å². The van der Waals surface area contributed by atoms with Gasteiger partial charge in [0.2, 0.25) is 5.95 Å². The van der Waals surface area contributed by atoms with Gasteiger partial charge in [-0.05, 0) is 35.9 Å². The fourth-order valence-corrected chi connectivity index (χ4v) is 2.66. The quantitative estimate of drug-likeness (QED) is 0.658. The maximum atomic E-state index is 5.99. The molecule has 25 heavy (non-hydrogen) atoms. The van der Waals surface area contributed by atoms with Crippen molar-refractivity contribution in [1.29, 1.82) is 0 Å². The second kappa shape index (κ2) is 8.00. The molecule has 1 heterocycles. The summed E-state index contributed by atoms with van der Waals surface area (Å²) in [5.41, 5.74) is 1.79. The minimum Gasteiger partial charge on any atom is -0.497 e. The van der Waals surface area contributed by atoms with E-state index >= 15 is 0 Å². The lowest BCUT2D eigenvalue weighted by Gasteiger charge is -2.09. The summed E-state index contributed by atoms with van der Waals surface area (Å²) in [6.07, 6.45) is 1.52. The molecule has 0 radical (unpaired) electrons. The van der Waals surface area contributed by atoms with E-state index in [0.29, 0.717) is 28.4 Å². The molecule has 8 heteroatoms. The predicted octanol–water partition coefficient (Wildman–Crippen LogP) is 4.54. The van der Waals surface area contributed by atoms with Crippen molar-refractivity contribution in [2.24, 2.45) is 0 Å². The van der Waals surface area contributed by atoms with Gasteiger partial charge in [-0.2, -0.15) is 10.1 Å². The predicted molar refractivity (Wildman–Crippen MR) is 99.9 cm³/mol. The van der Waals surface area contributed by atoms with Crippen LogP contribution >= 0.6 is 23.2 Å². The first-order chi connectivity index (χ1) is 12.1. The van der Waals surface area contributed by atoms with Crippen molar-refractivity contribution in [3.63, 3.8) is 0 Å². The Morgan fingerprint density at radius 2 is 1.76 bits per heavy atom. The fourth-order valence-electron chi connectivity index (χ4n) is 2.14. The van der Waals surface area contributed by atoms with Gasteiger partial charge in [0.25, 0.3) is 0 Å². The van der Waals surface area contributed by atoms with E-state index in [0.717, 1.165) is 17.0 Å². The lowest BCUT2D eigenvalue weighted by atomic mass is 10.2. The van der Waals surface area contributed by atoms with Crippen LogP contribution in [0, 0.1) is 0 Å². The van der Waals surface area contributed by atoms with Crippen LogP contribution in [0.5, 0.6) is 5.75 Å². The summed E-state index contributed by atoms with van der Waals surface area (Å²) in [5, 5.41) is 15.2. The molecule has 0 aliphatic heterocycles. The molecule has 0 fully saturated rings. The van der Waals surface area contributed by atoms with Crippen molar-refractivity contribution in [2.75, 3.05) is 17.7 Å². The van der Waals surface area contributed by atoms with Crippen LogP contribution in [-0.4, -0.2) is 22.3 Å². The Morgan fingerprint density at radius 3 is 2.44 bits per heavy atom. The zero-order valence-electron chi connectivity index (χ0n) is 13.3. The van der Waals surface area contributed by atoms with E-state index in [-0.39, 0.29) is 0 Å². The third kappa shape index (κ3) is 4.95. The molecule has 3 rings (SSSR count). The molecule has 0 spiro atoms. The Hall–Kier alpha value is -2.57. The number of hydrogen-bond donors (Lipinski definition) is 2. The van der Waals surface area contributed by atoms with Crippen molar-refractivity contribution >= 4 is 40.7 Å². The average molecular weight is 376 g/mol. The zero-order valence-corrected chi connectivity index (χ0v) is 14.8. The van der Waals surface area contributed by atoms with Gasteiger partial charge in [-0.15, -0.1) is 5.10 Å². The number of ether oxygens (including phenoxy) is 1. The molecule has 2 aromatic carbocycles. The number of halogens is 2. The molecule has 128 valence electrons. The Morgan fingerprint density at radius 1 is 1.04 bits per heavy atom. The summed E-state index contributed by atoms with van der Waals surface area (Å²) >= 11 is 12.0. The average Bonchev–Trinajstić information content (AvgIpc) is 2.60. The number of anilines is 3. The van der Waals surface area contributed by atoms with E-state index < -0.39 is 0 Å². The number of aromatic nitrogens is 3. The lowest BCUT2D eigenvalue weighted by molar-refractivity contribution is 0.414. The van der Waals surface area contributed by atoms with Crippen LogP contribution in [0.25, 0.3) is 0 Å². The molecule has 6 nitrogen and oxygen atoms in total. The summed E-state index contributed by atoms with van der Waals surface area (Å²) in [4.78, 5) is 4.37. The van der Waals surface area contributed by atoms with Gasteiger partial charge >= 0.3 is 0 Å². The topological polar surface area (TPSA) is 72.0 Å². The van der Waals surface area contributed by atoms with Gasteiger partial charge in [0, 0.05) is 22.3 Å². The van der Waals surface area contributed by atoms with Crippen molar-refractivity contribution in [3.8, 4) is 5.75 Å². The minimum absolute atomic E-state index is 0.411. The van der Waals surface area contributed by atoms with Gasteiger partial charge in [0.05, 0.1) is 13.3 Å². The van der Waals surface area contributed by atoms with Crippen molar-refractivity contribution in [1.82, 2.24) is 15.2 Å². The van der Waals surface area contributed by atoms with Crippen molar-refractivity contribution in [2.45, 2.75) is 6.54 Å². The normalized spacial score (nSPS) is 10.4. The van der Waals surface area contributed by atoms with Gasteiger partial charge in [0.15, 0.2) is 5.82 Å². The molecular weight excluding hydrogens is 361 g/mol. The second-order valence-electron chi connectivity index (χ2n) is 5.15. The highest BCUT2D eigenvalue weighted by Gasteiger charge is 2.04. The molecule has 0 bridgehead atoms. The van der Waals surface area contributed by atoms with E-state index in [1.165, 1.54) is 6.20 Å². The Kier molecular flexibility index (Phi) is 5.53. The first-order valence-corrected chi connectivity index (χ1v) is 8.17. The molecule has 1 aromatic heterocycles. The highest BCUT2D eigenvalue weighted by atomic mass is 35.5. The molecule has 3 aromatic rings. The first kappa shape index (κ1) is 17.3. The summed E-state index contributed by atoms with van der Waals surface area (Å²) in [6, 6.07) is 12.9. The monoisotopic (exact) mass is 375 g/mol. The third-order valence-electron chi connectivity index (χ3n) is 3.30. The molecule has 0 amide bonds. The summed E-state index contributed by atoms with van der Waals surface area (Å²) in [5.74, 6) is 1.76. The molecule has 0 saturated heterocycles.